The molecule has 26 heavy (non-hydrogen) atoms. The Balaban J connectivity index is 1.69. The second-order valence-corrected chi connectivity index (χ2v) is 6.13. The zero-order chi connectivity index (χ0) is 18.1. The van der Waals surface area contributed by atoms with Crippen LogP contribution in [-0.4, -0.2) is 20.5 Å². The fraction of sp³-hybridized carbons (Fsp3) is 0. The van der Waals surface area contributed by atoms with E-state index in [4.69, 9.17) is 17.3 Å². The van der Waals surface area contributed by atoms with E-state index in [-0.39, 0.29) is 0 Å². The first-order chi connectivity index (χ1) is 12.6. The minimum absolute atomic E-state index is 0.446. The van der Waals surface area contributed by atoms with Gasteiger partial charge in [0.25, 0.3) is 0 Å². The number of hydrogen-bond acceptors (Lipinski definition) is 4. The van der Waals surface area contributed by atoms with Crippen LogP contribution >= 0.6 is 11.6 Å². The molecule has 0 fully saturated rings. The average Bonchev–Trinajstić information content (AvgIpc) is 3.04. The summed E-state index contributed by atoms with van der Waals surface area (Å²) in [5, 5.41) is 8.32. The van der Waals surface area contributed by atoms with Crippen LogP contribution in [0.3, 0.4) is 0 Å². The van der Waals surface area contributed by atoms with Crippen molar-refractivity contribution in [2.24, 2.45) is 5.73 Å². The summed E-state index contributed by atoms with van der Waals surface area (Å²) in [4.78, 5) is 15.6. The molecule has 2 aromatic carbocycles. The lowest BCUT2D eigenvalue weighted by Gasteiger charge is -2.04. The van der Waals surface area contributed by atoms with Crippen LogP contribution in [0, 0.1) is 0 Å². The number of halogens is 1. The van der Waals surface area contributed by atoms with E-state index in [9.17, 15) is 4.79 Å². The Bertz CT molecular complexity index is 1100. The van der Waals surface area contributed by atoms with E-state index in [1.54, 1.807) is 28.8 Å². The van der Waals surface area contributed by atoms with Gasteiger partial charge in [-0.3, -0.25) is 4.79 Å². The smallest absolute Gasteiger partial charge is 0.248 e. The molecule has 0 aliphatic heterocycles. The van der Waals surface area contributed by atoms with E-state index in [2.05, 4.69) is 15.4 Å². The second kappa shape index (κ2) is 6.50. The van der Waals surface area contributed by atoms with Crippen molar-refractivity contribution in [3.05, 3.63) is 77.3 Å². The average molecular weight is 364 g/mol. The first-order valence-corrected chi connectivity index (χ1v) is 8.26. The Labute approximate surface area is 154 Å². The number of benzene rings is 2. The normalized spacial score (nSPS) is 10.8. The highest BCUT2D eigenvalue weighted by Crippen LogP contribution is 2.24. The maximum Gasteiger partial charge on any atom is 0.248 e. The summed E-state index contributed by atoms with van der Waals surface area (Å²) in [7, 11) is 0. The number of nitrogens with zero attached hydrogens (tertiary/aromatic N) is 3. The maximum absolute atomic E-state index is 11.1. The SMILES string of the molecule is NC(=O)c1ccc(Nc2nc3cccc(-c4cccc(Cl)c4)n3n2)cc1. The standard InChI is InChI=1S/C19H14ClN5O/c20-14-4-1-3-13(11-14)16-5-2-6-17-23-19(24-25(16)17)22-15-9-7-12(8-10-15)18(21)26/h1-11H,(H2,21,26)(H,22,24). The highest BCUT2D eigenvalue weighted by molar-refractivity contribution is 6.30. The number of primary amides is 1. The van der Waals surface area contributed by atoms with Gasteiger partial charge < -0.3 is 11.1 Å². The lowest BCUT2D eigenvalue weighted by atomic mass is 10.1. The van der Waals surface area contributed by atoms with Gasteiger partial charge in [0.05, 0.1) is 5.69 Å². The Morgan fingerprint density at radius 1 is 1.04 bits per heavy atom. The lowest BCUT2D eigenvalue weighted by molar-refractivity contribution is 0.100. The van der Waals surface area contributed by atoms with Crippen molar-refractivity contribution in [1.82, 2.24) is 14.6 Å². The first-order valence-electron chi connectivity index (χ1n) is 7.89. The van der Waals surface area contributed by atoms with Crippen molar-refractivity contribution in [2.75, 3.05) is 5.32 Å². The van der Waals surface area contributed by atoms with Gasteiger partial charge in [-0.2, -0.15) is 4.98 Å². The van der Waals surface area contributed by atoms with E-state index < -0.39 is 5.91 Å². The lowest BCUT2D eigenvalue weighted by Crippen LogP contribution is -2.10. The minimum atomic E-state index is -0.464. The van der Waals surface area contributed by atoms with Crippen LogP contribution in [0.25, 0.3) is 16.9 Å². The van der Waals surface area contributed by atoms with Crippen molar-refractivity contribution in [2.45, 2.75) is 0 Å². The minimum Gasteiger partial charge on any atom is -0.366 e. The quantitative estimate of drug-likeness (QED) is 0.576. The van der Waals surface area contributed by atoms with Crippen LogP contribution < -0.4 is 11.1 Å². The Morgan fingerprint density at radius 3 is 2.54 bits per heavy atom. The molecule has 0 saturated heterocycles. The summed E-state index contributed by atoms with van der Waals surface area (Å²) >= 11 is 6.10. The molecule has 2 aromatic heterocycles. The number of pyridine rings is 1. The van der Waals surface area contributed by atoms with Gasteiger partial charge in [0.2, 0.25) is 11.9 Å². The number of fused-ring (bicyclic) bond motifs is 1. The molecule has 4 aromatic rings. The van der Waals surface area contributed by atoms with Crippen molar-refractivity contribution >= 4 is 34.8 Å². The fourth-order valence-electron chi connectivity index (χ4n) is 2.67. The Hall–Kier alpha value is -3.38. The monoisotopic (exact) mass is 363 g/mol. The van der Waals surface area contributed by atoms with Gasteiger partial charge in [-0.1, -0.05) is 29.8 Å². The molecule has 2 heterocycles. The van der Waals surface area contributed by atoms with E-state index >= 15 is 0 Å². The molecular weight excluding hydrogens is 350 g/mol. The van der Waals surface area contributed by atoms with Crippen LogP contribution in [0.4, 0.5) is 11.6 Å². The molecule has 0 unspecified atom stereocenters. The molecule has 128 valence electrons. The third-order valence-electron chi connectivity index (χ3n) is 3.91. The summed E-state index contributed by atoms with van der Waals surface area (Å²) in [5.74, 6) is -0.0140. The first kappa shape index (κ1) is 16.1. The van der Waals surface area contributed by atoms with Crippen LogP contribution in [0.5, 0.6) is 0 Å². The Kier molecular flexibility index (Phi) is 4.02. The molecule has 7 heteroatoms. The fourth-order valence-corrected chi connectivity index (χ4v) is 2.86. The number of aromatic nitrogens is 3. The largest absolute Gasteiger partial charge is 0.366 e. The number of nitrogens with two attached hydrogens (primary N) is 1. The highest BCUT2D eigenvalue weighted by Gasteiger charge is 2.09. The molecule has 0 aliphatic rings. The Morgan fingerprint density at radius 2 is 1.81 bits per heavy atom. The molecule has 0 spiro atoms. The molecular formula is C19H14ClN5O. The predicted octanol–water partition coefficient (Wildman–Crippen LogP) is 3.89. The van der Waals surface area contributed by atoms with Crippen LogP contribution in [-0.2, 0) is 0 Å². The zero-order valence-corrected chi connectivity index (χ0v) is 14.3. The van der Waals surface area contributed by atoms with Crippen molar-refractivity contribution in [3.8, 4) is 11.3 Å². The van der Waals surface area contributed by atoms with E-state index in [1.165, 1.54) is 0 Å². The molecule has 0 radical (unpaired) electrons. The molecule has 4 rings (SSSR count). The molecule has 6 nitrogen and oxygen atoms in total. The van der Waals surface area contributed by atoms with Gasteiger partial charge in [-0.25, -0.2) is 4.52 Å². The van der Waals surface area contributed by atoms with Crippen molar-refractivity contribution < 1.29 is 4.79 Å². The number of amides is 1. The van der Waals surface area contributed by atoms with Gasteiger partial charge in [-0.05, 0) is 48.5 Å². The summed E-state index contributed by atoms with van der Waals surface area (Å²) < 4.78 is 1.76. The van der Waals surface area contributed by atoms with Gasteiger partial charge in [0.1, 0.15) is 0 Å². The van der Waals surface area contributed by atoms with E-state index in [0.717, 1.165) is 16.9 Å². The van der Waals surface area contributed by atoms with Crippen LogP contribution in [0.2, 0.25) is 5.02 Å². The summed E-state index contributed by atoms with van der Waals surface area (Å²) in [6, 6.07) is 20.1. The number of hydrogen-bond donors (Lipinski definition) is 2. The topological polar surface area (TPSA) is 85.3 Å². The summed E-state index contributed by atoms with van der Waals surface area (Å²) in [6.07, 6.45) is 0. The van der Waals surface area contributed by atoms with Crippen LogP contribution in [0.15, 0.2) is 66.7 Å². The third kappa shape index (κ3) is 3.10. The van der Waals surface area contributed by atoms with Gasteiger partial charge in [-0.15, -0.1) is 5.10 Å². The van der Waals surface area contributed by atoms with E-state index in [1.807, 2.05) is 42.5 Å². The highest BCUT2D eigenvalue weighted by atomic mass is 35.5. The number of rotatable bonds is 4. The number of carbonyl (C=O) groups is 1. The number of carbonyl (C=O) groups excluding carboxylic acids is 1. The van der Waals surface area contributed by atoms with Gasteiger partial charge in [0, 0.05) is 21.8 Å². The number of anilines is 2. The van der Waals surface area contributed by atoms with Gasteiger partial charge >= 0.3 is 0 Å². The predicted molar refractivity (Wildman–Crippen MR) is 102 cm³/mol. The zero-order valence-electron chi connectivity index (χ0n) is 13.6. The molecule has 1 amide bonds. The molecule has 0 atom stereocenters. The molecule has 0 aliphatic carbocycles. The maximum atomic E-state index is 11.1. The van der Waals surface area contributed by atoms with Crippen molar-refractivity contribution in [3.63, 3.8) is 0 Å². The number of nitrogens with one attached hydrogen (secondary N) is 1. The van der Waals surface area contributed by atoms with Crippen molar-refractivity contribution in [1.29, 1.82) is 0 Å². The molecule has 0 saturated carbocycles. The molecule has 0 bridgehead atoms. The summed E-state index contributed by atoms with van der Waals surface area (Å²) in [6.45, 7) is 0. The second-order valence-electron chi connectivity index (χ2n) is 5.69. The van der Waals surface area contributed by atoms with Gasteiger partial charge in [0.15, 0.2) is 5.65 Å². The van der Waals surface area contributed by atoms with E-state index in [0.29, 0.717) is 22.2 Å². The molecule has 3 N–H and O–H groups in total. The third-order valence-corrected chi connectivity index (χ3v) is 4.14. The van der Waals surface area contributed by atoms with Crippen LogP contribution in [0.1, 0.15) is 10.4 Å². The summed E-state index contributed by atoms with van der Waals surface area (Å²) in [5.41, 5.74) is 9.00.